The van der Waals surface area contributed by atoms with Crippen molar-refractivity contribution in [1.29, 1.82) is 0 Å². The highest BCUT2D eigenvalue weighted by molar-refractivity contribution is 5.78. The monoisotopic (exact) mass is 421 g/mol. The number of nitrogens with zero attached hydrogens (tertiary/aromatic N) is 4. The molecule has 0 aliphatic carbocycles. The average molecular weight is 422 g/mol. The maximum atomic E-state index is 13.2. The third-order valence-electron chi connectivity index (χ3n) is 7.09. The second-order valence-corrected chi connectivity index (χ2v) is 9.11. The van der Waals surface area contributed by atoms with Crippen LogP contribution in [-0.2, 0) is 9.53 Å². The Labute approximate surface area is 178 Å². The van der Waals surface area contributed by atoms with Gasteiger partial charge in [0.25, 0.3) is 0 Å². The van der Waals surface area contributed by atoms with Gasteiger partial charge in [0.2, 0.25) is 5.91 Å². The number of piperidine rings is 3. The van der Waals surface area contributed by atoms with E-state index in [2.05, 4.69) is 10.2 Å². The molecule has 0 aromatic carbocycles. The molecule has 30 heavy (non-hydrogen) atoms. The van der Waals surface area contributed by atoms with Crippen molar-refractivity contribution >= 4 is 18.0 Å². The summed E-state index contributed by atoms with van der Waals surface area (Å²) in [5.74, 6) is 1.10. The molecule has 2 unspecified atom stereocenters. The van der Waals surface area contributed by atoms with Crippen LogP contribution in [0.3, 0.4) is 0 Å². The minimum absolute atomic E-state index is 0.0623. The number of methoxy groups -OCH3 is 1. The lowest BCUT2D eigenvalue weighted by Crippen LogP contribution is -2.63. The van der Waals surface area contributed by atoms with Crippen LogP contribution in [0, 0.1) is 11.8 Å². The second kappa shape index (κ2) is 9.41. The first-order chi connectivity index (χ1) is 14.6. The van der Waals surface area contributed by atoms with E-state index in [9.17, 15) is 14.4 Å². The fraction of sp³-hybridized carbons (Fsp3) is 0.857. The number of carbonyl (C=O) groups is 3. The van der Waals surface area contributed by atoms with Crippen LogP contribution in [0.15, 0.2) is 0 Å². The topological polar surface area (TPSA) is 85.4 Å². The van der Waals surface area contributed by atoms with Crippen LogP contribution >= 0.6 is 0 Å². The standard InChI is InChI=1S/C21H35N5O4/c1-30-11-3-6-22-20(28)23-7-9-24(10-8-23)21(29)25-13-16-12-17(15-25)18-4-2-5-19(27)26(18)14-16/h16-18H,2-15H2,1H3,(H,22,28)/t16?,17?,18-/m1/s1. The molecule has 0 radical (unpaired) electrons. The zero-order chi connectivity index (χ0) is 21.1. The Kier molecular flexibility index (Phi) is 6.65. The Morgan fingerprint density at radius 2 is 1.83 bits per heavy atom. The van der Waals surface area contributed by atoms with Gasteiger partial charge in [-0.15, -0.1) is 0 Å². The number of nitrogens with one attached hydrogen (secondary N) is 1. The Balaban J connectivity index is 1.26. The molecule has 5 amide bonds. The highest BCUT2D eigenvalue weighted by atomic mass is 16.5. The van der Waals surface area contributed by atoms with Crippen molar-refractivity contribution in [3.8, 4) is 0 Å². The van der Waals surface area contributed by atoms with Crippen LogP contribution in [0.2, 0.25) is 0 Å². The highest BCUT2D eigenvalue weighted by Gasteiger charge is 2.45. The Morgan fingerprint density at radius 3 is 2.60 bits per heavy atom. The van der Waals surface area contributed by atoms with E-state index in [0.717, 1.165) is 45.3 Å². The molecule has 0 spiro atoms. The van der Waals surface area contributed by atoms with Gasteiger partial charge in [0.05, 0.1) is 0 Å². The number of hydrogen-bond acceptors (Lipinski definition) is 4. The number of rotatable bonds is 4. The molecule has 9 nitrogen and oxygen atoms in total. The average Bonchev–Trinajstić information content (AvgIpc) is 2.77. The summed E-state index contributed by atoms with van der Waals surface area (Å²) in [6.07, 6.45) is 4.66. The minimum atomic E-state index is -0.0623. The summed E-state index contributed by atoms with van der Waals surface area (Å²) in [5.41, 5.74) is 0. The van der Waals surface area contributed by atoms with Gasteiger partial charge in [-0.3, -0.25) is 4.79 Å². The number of piperazine rings is 1. The Hall–Kier alpha value is -2.03. The summed E-state index contributed by atoms with van der Waals surface area (Å²) >= 11 is 0. The quantitative estimate of drug-likeness (QED) is 0.681. The zero-order valence-corrected chi connectivity index (χ0v) is 18.1. The van der Waals surface area contributed by atoms with Crippen LogP contribution in [0.1, 0.15) is 32.1 Å². The molecule has 0 aromatic heterocycles. The normalized spacial score (nSPS) is 29.0. The van der Waals surface area contributed by atoms with Gasteiger partial charge in [-0.25, -0.2) is 9.59 Å². The summed E-state index contributed by atoms with van der Waals surface area (Å²) in [5, 5.41) is 2.91. The number of likely N-dealkylation sites (tertiary alicyclic amines) is 1. The Morgan fingerprint density at radius 1 is 1.07 bits per heavy atom. The van der Waals surface area contributed by atoms with Gasteiger partial charge >= 0.3 is 12.1 Å². The molecule has 4 aliphatic rings. The lowest BCUT2D eigenvalue weighted by Gasteiger charge is -2.53. The SMILES string of the molecule is COCCCNC(=O)N1CCN(C(=O)N2CC3CC(C2)[C@H]2CCCC(=O)N2C3)CC1. The number of ether oxygens (including phenoxy) is 1. The van der Waals surface area contributed by atoms with Crippen molar-refractivity contribution in [3.63, 3.8) is 0 Å². The Bertz CT molecular complexity index is 651. The lowest BCUT2D eigenvalue weighted by atomic mass is 9.76. The maximum absolute atomic E-state index is 13.2. The van der Waals surface area contributed by atoms with Crippen molar-refractivity contribution in [1.82, 2.24) is 24.9 Å². The van der Waals surface area contributed by atoms with Crippen LogP contribution in [-0.4, -0.2) is 110 Å². The van der Waals surface area contributed by atoms with Crippen LogP contribution in [0.5, 0.6) is 0 Å². The molecule has 0 aromatic rings. The number of carbonyl (C=O) groups excluding carboxylic acids is 3. The number of fused-ring (bicyclic) bond motifs is 4. The maximum Gasteiger partial charge on any atom is 0.320 e. The molecule has 0 saturated carbocycles. The first kappa shape index (κ1) is 21.2. The third kappa shape index (κ3) is 4.50. The van der Waals surface area contributed by atoms with E-state index in [-0.39, 0.29) is 12.1 Å². The van der Waals surface area contributed by atoms with Crippen molar-refractivity contribution in [2.75, 3.05) is 66.1 Å². The molecule has 3 atom stereocenters. The summed E-state index contributed by atoms with van der Waals surface area (Å²) in [6, 6.07) is 0.352. The molecule has 1 N–H and O–H groups in total. The third-order valence-corrected chi connectivity index (χ3v) is 7.09. The second-order valence-electron chi connectivity index (χ2n) is 9.11. The molecule has 9 heteroatoms. The molecule has 4 saturated heterocycles. The highest BCUT2D eigenvalue weighted by Crippen LogP contribution is 2.38. The van der Waals surface area contributed by atoms with Gasteiger partial charge in [0, 0.05) is 78.5 Å². The fourth-order valence-electron chi connectivity index (χ4n) is 5.59. The van der Waals surface area contributed by atoms with Crippen LogP contribution < -0.4 is 5.32 Å². The predicted molar refractivity (Wildman–Crippen MR) is 111 cm³/mol. The molecule has 4 rings (SSSR count). The van der Waals surface area contributed by atoms with Gasteiger partial charge in [0.1, 0.15) is 0 Å². The van der Waals surface area contributed by atoms with Crippen LogP contribution in [0.25, 0.3) is 0 Å². The zero-order valence-electron chi connectivity index (χ0n) is 18.1. The van der Waals surface area contributed by atoms with Crippen molar-refractivity contribution in [3.05, 3.63) is 0 Å². The van der Waals surface area contributed by atoms with E-state index in [1.165, 1.54) is 0 Å². The van der Waals surface area contributed by atoms with E-state index in [1.54, 1.807) is 12.0 Å². The predicted octanol–water partition coefficient (Wildman–Crippen LogP) is 0.803. The molecular formula is C21H35N5O4. The summed E-state index contributed by atoms with van der Waals surface area (Å²) in [7, 11) is 1.65. The van der Waals surface area contributed by atoms with Gasteiger partial charge in [0.15, 0.2) is 0 Å². The van der Waals surface area contributed by atoms with Gasteiger partial charge < -0.3 is 29.7 Å². The molecule has 4 fully saturated rings. The molecule has 4 aliphatic heterocycles. The smallest absolute Gasteiger partial charge is 0.320 e. The number of urea groups is 2. The van der Waals surface area contributed by atoms with E-state index < -0.39 is 0 Å². The largest absolute Gasteiger partial charge is 0.385 e. The van der Waals surface area contributed by atoms with Gasteiger partial charge in [-0.1, -0.05) is 0 Å². The van der Waals surface area contributed by atoms with Crippen LogP contribution in [0.4, 0.5) is 9.59 Å². The first-order valence-corrected chi connectivity index (χ1v) is 11.4. The van der Waals surface area contributed by atoms with E-state index in [4.69, 9.17) is 4.74 Å². The summed E-state index contributed by atoms with van der Waals surface area (Å²) in [4.78, 5) is 45.5. The molecule has 2 bridgehead atoms. The molecule has 168 valence electrons. The number of amides is 5. The number of hydrogen-bond donors (Lipinski definition) is 1. The summed E-state index contributed by atoms with van der Waals surface area (Å²) < 4.78 is 5.00. The van der Waals surface area contributed by atoms with Gasteiger partial charge in [-0.05, 0) is 37.5 Å². The first-order valence-electron chi connectivity index (χ1n) is 11.4. The molecule has 4 heterocycles. The molecular weight excluding hydrogens is 386 g/mol. The minimum Gasteiger partial charge on any atom is -0.385 e. The van der Waals surface area contributed by atoms with E-state index in [0.29, 0.717) is 69.5 Å². The van der Waals surface area contributed by atoms with E-state index >= 15 is 0 Å². The van der Waals surface area contributed by atoms with Crippen molar-refractivity contribution < 1.29 is 19.1 Å². The van der Waals surface area contributed by atoms with Crippen molar-refractivity contribution in [2.45, 2.75) is 38.1 Å². The lowest BCUT2D eigenvalue weighted by molar-refractivity contribution is -0.144. The van der Waals surface area contributed by atoms with E-state index in [1.807, 2.05) is 9.80 Å². The summed E-state index contributed by atoms with van der Waals surface area (Å²) in [6.45, 7) is 5.81. The van der Waals surface area contributed by atoms with Gasteiger partial charge in [-0.2, -0.15) is 0 Å². The fourth-order valence-corrected chi connectivity index (χ4v) is 5.59. The van der Waals surface area contributed by atoms with Crippen molar-refractivity contribution in [2.24, 2.45) is 11.8 Å².